The smallest absolute Gasteiger partial charge is 0.187 e. The van der Waals surface area contributed by atoms with E-state index in [-0.39, 0.29) is 11.0 Å². The third-order valence-corrected chi connectivity index (χ3v) is 6.58. The van der Waals surface area contributed by atoms with Crippen molar-refractivity contribution in [1.82, 2.24) is 9.88 Å². The second-order valence-corrected chi connectivity index (χ2v) is 8.03. The van der Waals surface area contributed by atoms with Gasteiger partial charge in [0.05, 0.1) is 12.2 Å². The monoisotopic (exact) mass is 344 g/mol. The number of rotatable bonds is 2. The number of thiophene rings is 1. The van der Waals surface area contributed by atoms with Crippen LogP contribution in [0.1, 0.15) is 40.1 Å². The number of nitrogens with zero attached hydrogens (tertiary/aromatic N) is 1. The van der Waals surface area contributed by atoms with E-state index in [1.54, 1.807) is 0 Å². The predicted molar refractivity (Wildman–Crippen MR) is 96.7 cm³/mol. The van der Waals surface area contributed by atoms with Crippen LogP contribution in [0, 0.1) is 13.8 Å². The summed E-state index contributed by atoms with van der Waals surface area (Å²) < 4.78 is 6.27. The van der Waals surface area contributed by atoms with Gasteiger partial charge in [0, 0.05) is 53.9 Å². The van der Waals surface area contributed by atoms with Gasteiger partial charge in [-0.1, -0.05) is 0 Å². The van der Waals surface area contributed by atoms with Crippen LogP contribution in [0.4, 0.5) is 0 Å². The molecular weight excluding hydrogens is 320 g/mol. The fraction of sp³-hybridized carbons (Fsp3) is 0.526. The number of nitrogens with one attached hydrogen (secondary N) is 1. The maximum atomic E-state index is 12.1. The molecule has 2 aliphatic rings. The number of ether oxygens (including phenoxy) is 1. The van der Waals surface area contributed by atoms with E-state index in [1.807, 2.05) is 31.4 Å². The van der Waals surface area contributed by atoms with Gasteiger partial charge in [0.1, 0.15) is 0 Å². The summed E-state index contributed by atoms with van der Waals surface area (Å²) in [6, 6.07) is 2.26. The lowest BCUT2D eigenvalue weighted by Crippen LogP contribution is -2.46. The quantitative estimate of drug-likeness (QED) is 0.910. The molecule has 4 rings (SSSR count). The highest BCUT2D eigenvalue weighted by Gasteiger charge is 2.41. The molecule has 4 nitrogen and oxygen atoms in total. The van der Waals surface area contributed by atoms with Crippen LogP contribution in [0.5, 0.6) is 0 Å². The Bertz CT molecular complexity index is 800. The first kappa shape index (κ1) is 16.1. The zero-order chi connectivity index (χ0) is 16.7. The highest BCUT2D eigenvalue weighted by Crippen LogP contribution is 2.43. The van der Waals surface area contributed by atoms with Gasteiger partial charge >= 0.3 is 0 Å². The van der Waals surface area contributed by atoms with Gasteiger partial charge in [0.25, 0.3) is 0 Å². The summed E-state index contributed by atoms with van der Waals surface area (Å²) in [7, 11) is 0. The molecule has 24 heavy (non-hydrogen) atoms. The molecule has 128 valence electrons. The van der Waals surface area contributed by atoms with Crippen molar-refractivity contribution in [3.8, 4) is 0 Å². The number of hydrogen-bond acceptors (Lipinski definition) is 4. The van der Waals surface area contributed by atoms with Gasteiger partial charge < -0.3 is 9.72 Å². The third-order valence-electron chi connectivity index (χ3n) is 5.60. The molecule has 0 amide bonds. The van der Waals surface area contributed by atoms with Crippen LogP contribution in [-0.4, -0.2) is 29.6 Å². The van der Waals surface area contributed by atoms with Gasteiger partial charge in [-0.15, -0.1) is 11.3 Å². The Kier molecular flexibility index (Phi) is 4.11. The maximum Gasteiger partial charge on any atom is 0.187 e. The summed E-state index contributed by atoms with van der Waals surface area (Å²) in [6.45, 7) is 7.45. The van der Waals surface area contributed by atoms with E-state index in [4.69, 9.17) is 4.74 Å². The van der Waals surface area contributed by atoms with Crippen molar-refractivity contribution in [2.45, 2.75) is 45.3 Å². The van der Waals surface area contributed by atoms with E-state index in [0.29, 0.717) is 0 Å². The van der Waals surface area contributed by atoms with E-state index in [0.717, 1.165) is 62.3 Å². The lowest BCUT2D eigenvalue weighted by atomic mass is 9.82. The van der Waals surface area contributed by atoms with Crippen LogP contribution in [0.3, 0.4) is 0 Å². The van der Waals surface area contributed by atoms with Crippen molar-refractivity contribution < 1.29 is 4.74 Å². The number of aromatic amines is 1. The Balaban J connectivity index is 1.48. The minimum atomic E-state index is -0.0696. The minimum Gasteiger partial charge on any atom is -0.370 e. The van der Waals surface area contributed by atoms with E-state index < -0.39 is 0 Å². The van der Waals surface area contributed by atoms with Crippen LogP contribution in [0.25, 0.3) is 0 Å². The molecule has 1 spiro atoms. The normalized spacial score (nSPS) is 20.2. The number of piperidine rings is 1. The summed E-state index contributed by atoms with van der Waals surface area (Å²) in [5, 5.41) is 2.20. The zero-order valence-corrected chi connectivity index (χ0v) is 15.2. The van der Waals surface area contributed by atoms with Crippen LogP contribution in [0.15, 0.2) is 22.4 Å². The number of aryl methyl sites for hydroxylation is 1. The SMILES string of the molecule is Cc1c[nH]c(CN2CCC3(CC2)OCCc2sccc23)c(C)c1=O. The Hall–Kier alpha value is -1.43. The molecule has 5 heteroatoms. The molecule has 1 saturated heterocycles. The Morgan fingerprint density at radius 1 is 1.33 bits per heavy atom. The van der Waals surface area contributed by atoms with E-state index in [9.17, 15) is 4.79 Å². The molecule has 0 atom stereocenters. The van der Waals surface area contributed by atoms with Crippen molar-refractivity contribution in [2.75, 3.05) is 19.7 Å². The summed E-state index contributed by atoms with van der Waals surface area (Å²) in [5.41, 5.74) is 4.20. The number of hydrogen-bond donors (Lipinski definition) is 1. The highest BCUT2D eigenvalue weighted by molar-refractivity contribution is 7.10. The topological polar surface area (TPSA) is 45.3 Å². The average Bonchev–Trinajstić information content (AvgIpc) is 3.08. The Morgan fingerprint density at radius 2 is 2.12 bits per heavy atom. The number of pyridine rings is 1. The molecular formula is C19H24N2O2S. The third kappa shape index (κ3) is 2.65. The predicted octanol–water partition coefficient (Wildman–Crippen LogP) is 3.12. The molecule has 2 aliphatic heterocycles. The van der Waals surface area contributed by atoms with Crippen molar-refractivity contribution >= 4 is 11.3 Å². The summed E-state index contributed by atoms with van der Waals surface area (Å²) in [6.07, 6.45) is 4.96. The Labute approximate surface area is 146 Å². The molecule has 0 aromatic carbocycles. The average molecular weight is 344 g/mol. The first-order chi connectivity index (χ1) is 11.6. The van der Waals surface area contributed by atoms with E-state index >= 15 is 0 Å². The molecule has 2 aromatic heterocycles. The van der Waals surface area contributed by atoms with Gasteiger partial charge in [0.2, 0.25) is 0 Å². The molecule has 0 radical (unpaired) electrons. The zero-order valence-electron chi connectivity index (χ0n) is 14.4. The van der Waals surface area contributed by atoms with Gasteiger partial charge in [0.15, 0.2) is 5.43 Å². The molecule has 0 bridgehead atoms. The second-order valence-electron chi connectivity index (χ2n) is 7.03. The number of H-pyrrole nitrogens is 1. The van der Waals surface area contributed by atoms with Gasteiger partial charge in [-0.2, -0.15) is 0 Å². The molecule has 1 N–H and O–H groups in total. The van der Waals surface area contributed by atoms with Gasteiger partial charge in [-0.3, -0.25) is 9.69 Å². The van der Waals surface area contributed by atoms with Gasteiger partial charge in [-0.05, 0) is 43.7 Å². The Morgan fingerprint density at radius 3 is 2.92 bits per heavy atom. The van der Waals surface area contributed by atoms with Crippen molar-refractivity contribution in [3.05, 3.63) is 55.1 Å². The van der Waals surface area contributed by atoms with Crippen LogP contribution < -0.4 is 5.43 Å². The van der Waals surface area contributed by atoms with Crippen LogP contribution in [-0.2, 0) is 23.3 Å². The van der Waals surface area contributed by atoms with Crippen LogP contribution in [0.2, 0.25) is 0 Å². The highest BCUT2D eigenvalue weighted by atomic mass is 32.1. The number of fused-ring (bicyclic) bond motifs is 2. The number of likely N-dealkylation sites (tertiary alicyclic amines) is 1. The van der Waals surface area contributed by atoms with Gasteiger partial charge in [-0.25, -0.2) is 0 Å². The fourth-order valence-electron chi connectivity index (χ4n) is 4.03. The molecule has 0 aliphatic carbocycles. The van der Waals surface area contributed by atoms with Crippen molar-refractivity contribution in [1.29, 1.82) is 0 Å². The maximum absolute atomic E-state index is 12.1. The first-order valence-corrected chi connectivity index (χ1v) is 9.58. The fourth-order valence-corrected chi connectivity index (χ4v) is 4.98. The summed E-state index contributed by atoms with van der Waals surface area (Å²) >= 11 is 1.87. The van der Waals surface area contributed by atoms with Crippen molar-refractivity contribution in [3.63, 3.8) is 0 Å². The van der Waals surface area contributed by atoms with E-state index in [2.05, 4.69) is 21.3 Å². The lowest BCUT2D eigenvalue weighted by Gasteiger charge is -2.44. The summed E-state index contributed by atoms with van der Waals surface area (Å²) in [5.74, 6) is 0. The molecule has 4 heterocycles. The number of aromatic nitrogens is 1. The molecule has 1 fully saturated rings. The standard InChI is InChI=1S/C19H24N2O2S/c1-13-11-20-16(14(2)18(13)22)12-21-7-5-19(6-8-21)15-4-10-24-17(15)3-9-23-19/h4,10-11H,3,5-9,12H2,1-2H3,(H,20,22). The first-order valence-electron chi connectivity index (χ1n) is 8.70. The van der Waals surface area contributed by atoms with Crippen molar-refractivity contribution in [2.24, 2.45) is 0 Å². The largest absolute Gasteiger partial charge is 0.370 e. The lowest BCUT2D eigenvalue weighted by molar-refractivity contribution is -0.0982. The minimum absolute atomic E-state index is 0.0696. The molecule has 2 aromatic rings. The second kappa shape index (κ2) is 6.14. The van der Waals surface area contributed by atoms with Crippen LogP contribution >= 0.6 is 11.3 Å². The van der Waals surface area contributed by atoms with E-state index in [1.165, 1.54) is 10.4 Å². The molecule has 0 saturated carbocycles. The summed E-state index contributed by atoms with van der Waals surface area (Å²) in [4.78, 5) is 19.4. The molecule has 0 unspecified atom stereocenters.